The van der Waals surface area contributed by atoms with Crippen LogP contribution < -0.4 is 10.1 Å². The highest BCUT2D eigenvalue weighted by molar-refractivity contribution is 5.74. The van der Waals surface area contributed by atoms with Crippen LogP contribution in [0.3, 0.4) is 0 Å². The quantitative estimate of drug-likeness (QED) is 0.692. The molecule has 3 heterocycles. The molecule has 2 aromatic rings. The molecule has 9 heteroatoms. The summed E-state index contributed by atoms with van der Waals surface area (Å²) >= 11 is 0. The summed E-state index contributed by atoms with van der Waals surface area (Å²) in [7, 11) is 3.22. The molecule has 9 nitrogen and oxygen atoms in total. The third kappa shape index (κ3) is 2.28. The summed E-state index contributed by atoms with van der Waals surface area (Å²) in [5.41, 5.74) is 1.13. The van der Waals surface area contributed by atoms with Gasteiger partial charge in [-0.05, 0) is 0 Å². The Balaban J connectivity index is 2.07. The highest BCUT2D eigenvalue weighted by atomic mass is 16.5. The van der Waals surface area contributed by atoms with Crippen LogP contribution in [0.2, 0.25) is 0 Å². The molecular formula is C12H17N5O4. The average molecular weight is 295 g/mol. The molecule has 3 rings (SSSR count). The number of hydrogen-bond acceptors (Lipinski definition) is 8. The number of imidazole rings is 1. The molecule has 1 fully saturated rings. The van der Waals surface area contributed by atoms with Crippen molar-refractivity contribution in [3.63, 3.8) is 0 Å². The Morgan fingerprint density at radius 3 is 2.95 bits per heavy atom. The van der Waals surface area contributed by atoms with Crippen molar-refractivity contribution in [2.45, 2.75) is 24.9 Å². The molecule has 3 atom stereocenters. The SMILES string of the molecule is CNc1nc2cnc(OC)nc2n1[C@H]1C[C@@H](O)[C@H](CO)O1. The van der Waals surface area contributed by atoms with Gasteiger partial charge in [-0.3, -0.25) is 4.57 Å². The molecule has 21 heavy (non-hydrogen) atoms. The van der Waals surface area contributed by atoms with Crippen LogP contribution in [-0.2, 0) is 4.74 Å². The van der Waals surface area contributed by atoms with Crippen LogP contribution in [0.4, 0.5) is 5.95 Å². The first kappa shape index (κ1) is 14.0. The van der Waals surface area contributed by atoms with Gasteiger partial charge in [-0.25, -0.2) is 9.97 Å². The number of ether oxygens (including phenoxy) is 2. The van der Waals surface area contributed by atoms with E-state index in [9.17, 15) is 10.2 Å². The maximum Gasteiger partial charge on any atom is 0.318 e. The van der Waals surface area contributed by atoms with Crippen molar-refractivity contribution in [2.75, 3.05) is 26.1 Å². The van der Waals surface area contributed by atoms with E-state index in [1.807, 2.05) is 0 Å². The Morgan fingerprint density at radius 2 is 2.33 bits per heavy atom. The number of aliphatic hydroxyl groups is 2. The van der Waals surface area contributed by atoms with Crippen LogP contribution in [-0.4, -0.2) is 62.7 Å². The van der Waals surface area contributed by atoms with E-state index in [-0.39, 0.29) is 12.6 Å². The van der Waals surface area contributed by atoms with Crippen LogP contribution in [0.15, 0.2) is 6.20 Å². The van der Waals surface area contributed by atoms with E-state index >= 15 is 0 Å². The predicted octanol–water partition coefficient (Wildman–Crippen LogP) is -0.483. The molecule has 0 aromatic carbocycles. The van der Waals surface area contributed by atoms with Gasteiger partial charge in [0.25, 0.3) is 0 Å². The fraction of sp³-hybridized carbons (Fsp3) is 0.583. The molecule has 1 aliphatic rings. The Morgan fingerprint density at radius 1 is 1.52 bits per heavy atom. The second kappa shape index (κ2) is 5.43. The summed E-state index contributed by atoms with van der Waals surface area (Å²) in [6, 6.07) is 0.226. The predicted molar refractivity (Wildman–Crippen MR) is 73.0 cm³/mol. The largest absolute Gasteiger partial charge is 0.467 e. The Kier molecular flexibility index (Phi) is 3.62. The molecule has 0 aliphatic carbocycles. The normalized spacial score (nSPS) is 25.4. The standard InChI is InChI=1S/C12H17N5O4/c1-13-11-15-6-4-14-12(20-2)16-10(6)17(11)9-3-7(19)8(5-18)21-9/h4,7-9,18-19H,3,5H2,1-2H3,(H,13,15)/t7-,8+,9-/m1/s1. The molecule has 0 saturated carbocycles. The van der Waals surface area contributed by atoms with Crippen LogP contribution >= 0.6 is 0 Å². The molecule has 114 valence electrons. The van der Waals surface area contributed by atoms with Gasteiger partial charge in [-0.2, -0.15) is 4.98 Å². The summed E-state index contributed by atoms with van der Waals surface area (Å²) in [6.07, 6.45) is 0.0986. The lowest BCUT2D eigenvalue weighted by atomic mass is 10.2. The number of anilines is 1. The molecule has 0 radical (unpaired) electrons. The summed E-state index contributed by atoms with van der Waals surface area (Å²) in [5.74, 6) is 0.545. The second-order valence-electron chi connectivity index (χ2n) is 4.74. The Bertz CT molecular complexity index is 646. The molecule has 1 saturated heterocycles. The maximum absolute atomic E-state index is 9.90. The van der Waals surface area contributed by atoms with Gasteiger partial charge in [0.05, 0.1) is 26.0 Å². The molecule has 0 bridgehead atoms. The summed E-state index contributed by atoms with van der Waals surface area (Å²) in [6.45, 7) is -0.239. The van der Waals surface area contributed by atoms with Gasteiger partial charge in [0, 0.05) is 13.5 Å². The average Bonchev–Trinajstić information content (AvgIpc) is 3.05. The van der Waals surface area contributed by atoms with Crippen molar-refractivity contribution < 1.29 is 19.7 Å². The third-order valence-electron chi connectivity index (χ3n) is 3.49. The lowest BCUT2D eigenvalue weighted by Gasteiger charge is -2.16. The lowest BCUT2D eigenvalue weighted by molar-refractivity contribution is -0.0425. The molecule has 1 aliphatic heterocycles. The maximum atomic E-state index is 9.90. The minimum Gasteiger partial charge on any atom is -0.467 e. The van der Waals surface area contributed by atoms with Gasteiger partial charge in [0.2, 0.25) is 5.95 Å². The number of aliphatic hydroxyl groups excluding tert-OH is 2. The van der Waals surface area contributed by atoms with E-state index in [4.69, 9.17) is 9.47 Å². The van der Waals surface area contributed by atoms with Gasteiger partial charge in [-0.15, -0.1) is 0 Å². The highest BCUT2D eigenvalue weighted by Gasteiger charge is 2.36. The number of rotatable bonds is 4. The van der Waals surface area contributed by atoms with E-state index in [0.29, 0.717) is 23.5 Å². The first-order chi connectivity index (χ1) is 10.2. The van der Waals surface area contributed by atoms with E-state index in [1.165, 1.54) is 7.11 Å². The van der Waals surface area contributed by atoms with E-state index in [0.717, 1.165) is 0 Å². The smallest absolute Gasteiger partial charge is 0.318 e. The number of nitrogens with one attached hydrogen (secondary N) is 1. The van der Waals surface area contributed by atoms with Crippen molar-refractivity contribution in [3.8, 4) is 6.01 Å². The Labute approximate surface area is 120 Å². The van der Waals surface area contributed by atoms with Crippen molar-refractivity contribution >= 4 is 17.1 Å². The van der Waals surface area contributed by atoms with E-state index < -0.39 is 18.4 Å². The summed E-state index contributed by atoms with van der Waals surface area (Å²) in [4.78, 5) is 12.7. The van der Waals surface area contributed by atoms with Gasteiger partial charge in [0.15, 0.2) is 5.65 Å². The molecular weight excluding hydrogens is 278 g/mol. The number of nitrogens with zero attached hydrogens (tertiary/aromatic N) is 4. The minimum absolute atomic E-state index is 0.226. The first-order valence-electron chi connectivity index (χ1n) is 6.59. The van der Waals surface area contributed by atoms with Gasteiger partial charge >= 0.3 is 6.01 Å². The van der Waals surface area contributed by atoms with Crippen LogP contribution in [0.25, 0.3) is 11.2 Å². The zero-order valence-corrected chi connectivity index (χ0v) is 11.7. The van der Waals surface area contributed by atoms with Gasteiger partial charge in [0.1, 0.15) is 17.8 Å². The van der Waals surface area contributed by atoms with Crippen LogP contribution in [0, 0.1) is 0 Å². The van der Waals surface area contributed by atoms with Crippen molar-refractivity contribution in [1.82, 2.24) is 19.5 Å². The molecule has 3 N–H and O–H groups in total. The zero-order chi connectivity index (χ0) is 15.0. The number of hydrogen-bond donors (Lipinski definition) is 3. The monoisotopic (exact) mass is 295 g/mol. The zero-order valence-electron chi connectivity index (χ0n) is 11.7. The molecule has 0 unspecified atom stereocenters. The molecule has 2 aromatic heterocycles. The van der Waals surface area contributed by atoms with Crippen LogP contribution in [0.1, 0.15) is 12.6 Å². The topological polar surface area (TPSA) is 115 Å². The first-order valence-corrected chi connectivity index (χ1v) is 6.59. The molecule has 0 spiro atoms. The van der Waals surface area contributed by atoms with Crippen molar-refractivity contribution in [2.24, 2.45) is 0 Å². The van der Waals surface area contributed by atoms with Crippen LogP contribution in [0.5, 0.6) is 6.01 Å². The second-order valence-corrected chi connectivity index (χ2v) is 4.74. The fourth-order valence-electron chi connectivity index (χ4n) is 2.46. The van der Waals surface area contributed by atoms with E-state index in [1.54, 1.807) is 17.8 Å². The fourth-order valence-corrected chi connectivity index (χ4v) is 2.46. The number of aromatic nitrogens is 4. The number of methoxy groups -OCH3 is 1. The van der Waals surface area contributed by atoms with Crippen molar-refractivity contribution in [3.05, 3.63) is 6.20 Å². The van der Waals surface area contributed by atoms with Crippen molar-refractivity contribution in [1.29, 1.82) is 0 Å². The number of fused-ring (bicyclic) bond motifs is 1. The van der Waals surface area contributed by atoms with Gasteiger partial charge < -0.3 is 25.0 Å². The lowest BCUT2D eigenvalue weighted by Crippen LogP contribution is -2.24. The molecule has 0 amide bonds. The minimum atomic E-state index is -0.731. The summed E-state index contributed by atoms with van der Waals surface area (Å²) < 4.78 is 12.4. The highest BCUT2D eigenvalue weighted by Crippen LogP contribution is 2.33. The third-order valence-corrected chi connectivity index (χ3v) is 3.49. The van der Waals surface area contributed by atoms with Gasteiger partial charge in [-0.1, -0.05) is 0 Å². The van der Waals surface area contributed by atoms with E-state index in [2.05, 4.69) is 20.3 Å². The summed E-state index contributed by atoms with van der Waals surface area (Å²) in [5, 5.41) is 22.1. The Hall–Kier alpha value is -1.97.